The largest absolute Gasteiger partial charge is 0.412 e. The quantitative estimate of drug-likeness (QED) is 0.445. The van der Waals surface area contributed by atoms with Crippen LogP contribution in [0, 0.1) is 0 Å². The van der Waals surface area contributed by atoms with E-state index in [-0.39, 0.29) is 18.0 Å². The van der Waals surface area contributed by atoms with Crippen molar-refractivity contribution in [3.05, 3.63) is 0 Å². The summed E-state index contributed by atoms with van der Waals surface area (Å²) >= 11 is 0. The van der Waals surface area contributed by atoms with Crippen LogP contribution >= 0.6 is 0 Å². The Balaban J connectivity index is -0.0000000800. The lowest BCUT2D eigenvalue weighted by atomic mass is 10.7. The number of hydrogen-bond acceptors (Lipinski definition) is 2. The maximum absolute atomic E-state index is 9.70. The molecule has 0 aliphatic heterocycles. The summed E-state index contributed by atoms with van der Waals surface area (Å²) in [6, 6.07) is 0. The molecule has 4 N–H and O–H groups in total. The van der Waals surface area contributed by atoms with Crippen LogP contribution in [-0.4, -0.2) is 30.1 Å². The van der Waals surface area contributed by atoms with Gasteiger partial charge in [0, 0.05) is 20.6 Å². The van der Waals surface area contributed by atoms with Crippen LogP contribution in [0.1, 0.15) is 13.8 Å². The summed E-state index contributed by atoms with van der Waals surface area (Å²) in [5, 5.41) is 9.96. The average molecular weight is 137 g/mol. The van der Waals surface area contributed by atoms with Crippen molar-refractivity contribution in [2.24, 2.45) is 0 Å². The molecule has 0 saturated heterocycles. The Morgan fingerprint density at radius 1 is 1.67 bits per heavy atom. The van der Waals surface area contributed by atoms with Gasteiger partial charge in [0.05, 0.1) is 0 Å². The molecule has 0 bridgehead atoms. The van der Waals surface area contributed by atoms with E-state index in [1.165, 1.54) is 6.92 Å². The zero-order chi connectivity index (χ0) is 6.99. The monoisotopic (exact) mass is 137 g/mol. The highest BCUT2D eigenvalue weighted by Crippen LogP contribution is 1.45. The molecule has 0 unspecified atom stereocenters. The third-order valence-electron chi connectivity index (χ3n) is 0.352. The van der Waals surface area contributed by atoms with Crippen molar-refractivity contribution in [1.29, 1.82) is 0 Å². The first kappa shape index (κ1) is 15.8. The lowest BCUT2D eigenvalue weighted by molar-refractivity contribution is -0.118. The molecular weight excluding hydrogens is 122 g/mol. The second-order valence-electron chi connectivity index (χ2n) is 1.12. The summed E-state index contributed by atoms with van der Waals surface area (Å²) in [5.74, 6) is 0.00463. The van der Waals surface area contributed by atoms with Crippen molar-refractivity contribution in [3.8, 4) is 0 Å². The number of amides is 1. The Kier molecular flexibility index (Phi) is 27.4. The minimum absolute atomic E-state index is 0. The number of rotatable bonds is 0. The summed E-state index contributed by atoms with van der Waals surface area (Å²) < 4.78 is 0. The minimum atomic E-state index is 0. The molecule has 0 aromatic rings. The fraction of sp³-hybridized carbons (Fsp3) is 0.800. The van der Waals surface area contributed by atoms with E-state index in [0.29, 0.717) is 0 Å². The SMILES string of the molecule is CCO.CNC(C)=O.O. The predicted octanol–water partition coefficient (Wildman–Crippen LogP) is -1.07. The number of nitrogens with one attached hydrogen (secondary N) is 1. The average Bonchev–Trinajstić information content (AvgIpc) is 1.69. The Hall–Kier alpha value is -0.610. The molecule has 4 heteroatoms. The third kappa shape index (κ3) is 111. The smallest absolute Gasteiger partial charge is 0.216 e. The number of carbonyl (C=O) groups excluding carboxylic acids is 1. The highest BCUT2D eigenvalue weighted by molar-refractivity contribution is 5.72. The molecule has 0 fully saturated rings. The van der Waals surface area contributed by atoms with Crippen molar-refractivity contribution in [2.45, 2.75) is 13.8 Å². The molecule has 1 amide bonds. The van der Waals surface area contributed by atoms with Gasteiger partial charge in [-0.2, -0.15) is 0 Å². The molecule has 0 saturated carbocycles. The van der Waals surface area contributed by atoms with Gasteiger partial charge in [-0.1, -0.05) is 0 Å². The lowest BCUT2D eigenvalue weighted by Crippen LogP contribution is -2.11. The Bertz CT molecular complexity index is 56.2. The molecule has 0 aromatic carbocycles. The van der Waals surface area contributed by atoms with Gasteiger partial charge in [0.1, 0.15) is 0 Å². The molecule has 9 heavy (non-hydrogen) atoms. The number of hydrogen-bond donors (Lipinski definition) is 2. The van der Waals surface area contributed by atoms with Gasteiger partial charge in [-0.3, -0.25) is 4.79 Å². The fourth-order valence-corrected chi connectivity index (χ4v) is 0. The molecule has 0 spiro atoms. The van der Waals surface area contributed by atoms with Gasteiger partial charge in [-0.05, 0) is 6.92 Å². The Morgan fingerprint density at radius 2 is 1.78 bits per heavy atom. The van der Waals surface area contributed by atoms with Crippen LogP contribution in [-0.2, 0) is 4.79 Å². The molecule has 0 rings (SSSR count). The van der Waals surface area contributed by atoms with Gasteiger partial charge in [0.15, 0.2) is 0 Å². The van der Waals surface area contributed by atoms with E-state index < -0.39 is 0 Å². The van der Waals surface area contributed by atoms with Gasteiger partial charge in [-0.15, -0.1) is 0 Å². The molecule has 0 heterocycles. The van der Waals surface area contributed by atoms with Gasteiger partial charge in [-0.25, -0.2) is 0 Å². The minimum Gasteiger partial charge on any atom is -0.412 e. The van der Waals surface area contributed by atoms with Crippen LogP contribution in [0.2, 0.25) is 0 Å². The highest BCUT2D eigenvalue weighted by Gasteiger charge is 1.72. The van der Waals surface area contributed by atoms with E-state index >= 15 is 0 Å². The first-order valence-electron chi connectivity index (χ1n) is 2.48. The topological polar surface area (TPSA) is 80.8 Å². The van der Waals surface area contributed by atoms with Gasteiger partial charge < -0.3 is 15.9 Å². The molecule has 0 radical (unpaired) electrons. The van der Waals surface area contributed by atoms with Crippen LogP contribution in [0.4, 0.5) is 0 Å². The van der Waals surface area contributed by atoms with Gasteiger partial charge in [0.2, 0.25) is 5.91 Å². The summed E-state index contributed by atoms with van der Waals surface area (Å²) in [4.78, 5) is 9.70. The molecule has 0 aromatic heterocycles. The first-order chi connectivity index (χ1) is 3.68. The standard InChI is InChI=1S/C3H7NO.C2H6O.H2O/c1-3(5)4-2;1-2-3;/h1-2H3,(H,4,5);3H,2H2,1H3;1H2. The van der Waals surface area contributed by atoms with E-state index in [2.05, 4.69) is 5.32 Å². The molecule has 58 valence electrons. The van der Waals surface area contributed by atoms with Crippen molar-refractivity contribution in [1.82, 2.24) is 5.32 Å². The number of carbonyl (C=O) groups is 1. The Labute approximate surface area is 55.2 Å². The lowest BCUT2D eigenvalue weighted by Gasteiger charge is -1.80. The first-order valence-corrected chi connectivity index (χ1v) is 2.48. The summed E-state index contributed by atoms with van der Waals surface area (Å²) in [7, 11) is 1.60. The highest BCUT2D eigenvalue weighted by atomic mass is 16.2. The van der Waals surface area contributed by atoms with E-state index in [9.17, 15) is 4.79 Å². The second-order valence-corrected chi connectivity index (χ2v) is 1.12. The zero-order valence-electron chi connectivity index (χ0n) is 6.06. The zero-order valence-corrected chi connectivity index (χ0v) is 6.06. The molecule has 0 aliphatic rings. The van der Waals surface area contributed by atoms with Crippen molar-refractivity contribution in [3.63, 3.8) is 0 Å². The molecule has 0 aliphatic carbocycles. The van der Waals surface area contributed by atoms with Crippen LogP contribution in [0.5, 0.6) is 0 Å². The van der Waals surface area contributed by atoms with E-state index in [1.807, 2.05) is 0 Å². The Morgan fingerprint density at radius 3 is 1.78 bits per heavy atom. The van der Waals surface area contributed by atoms with Crippen LogP contribution in [0.3, 0.4) is 0 Å². The maximum atomic E-state index is 9.70. The van der Waals surface area contributed by atoms with Crippen LogP contribution in [0.15, 0.2) is 0 Å². The molecule has 0 atom stereocenters. The van der Waals surface area contributed by atoms with Crippen molar-refractivity contribution >= 4 is 5.91 Å². The fourth-order valence-electron chi connectivity index (χ4n) is 0. The second kappa shape index (κ2) is 15.7. The van der Waals surface area contributed by atoms with Crippen LogP contribution in [0.25, 0.3) is 0 Å². The summed E-state index contributed by atoms with van der Waals surface area (Å²) in [6.45, 7) is 3.40. The number of aliphatic hydroxyl groups excluding tert-OH is 1. The molecular formula is C5H15NO3. The normalized spacial score (nSPS) is 5.78. The van der Waals surface area contributed by atoms with Gasteiger partial charge >= 0.3 is 0 Å². The summed E-state index contributed by atoms with van der Waals surface area (Å²) in [5.41, 5.74) is 0. The predicted molar refractivity (Wildman–Crippen MR) is 36.1 cm³/mol. The van der Waals surface area contributed by atoms with E-state index in [4.69, 9.17) is 5.11 Å². The van der Waals surface area contributed by atoms with E-state index in [1.54, 1.807) is 14.0 Å². The van der Waals surface area contributed by atoms with Crippen LogP contribution < -0.4 is 5.32 Å². The van der Waals surface area contributed by atoms with Crippen molar-refractivity contribution < 1.29 is 15.4 Å². The number of aliphatic hydroxyl groups is 1. The summed E-state index contributed by atoms with van der Waals surface area (Å²) in [6.07, 6.45) is 0. The maximum Gasteiger partial charge on any atom is 0.216 e. The molecule has 4 nitrogen and oxygen atoms in total. The van der Waals surface area contributed by atoms with Crippen molar-refractivity contribution in [2.75, 3.05) is 13.7 Å². The third-order valence-corrected chi connectivity index (χ3v) is 0.352. The van der Waals surface area contributed by atoms with Gasteiger partial charge in [0.25, 0.3) is 0 Å². The van der Waals surface area contributed by atoms with E-state index in [0.717, 1.165) is 0 Å².